The lowest BCUT2D eigenvalue weighted by Crippen LogP contribution is -2.23. The van der Waals surface area contributed by atoms with E-state index in [0.717, 1.165) is 12.1 Å². The zero-order valence-corrected chi connectivity index (χ0v) is 9.65. The summed E-state index contributed by atoms with van der Waals surface area (Å²) in [5.74, 6) is 0.300. The highest BCUT2D eigenvalue weighted by molar-refractivity contribution is 5.28. The summed E-state index contributed by atoms with van der Waals surface area (Å²) in [6.07, 6.45) is 1.73. The molecule has 0 fully saturated rings. The van der Waals surface area contributed by atoms with Gasteiger partial charge in [-0.25, -0.2) is 0 Å². The largest absolute Gasteiger partial charge is 0.508 e. The van der Waals surface area contributed by atoms with Gasteiger partial charge in [0.05, 0.1) is 13.2 Å². The summed E-state index contributed by atoms with van der Waals surface area (Å²) in [6.45, 7) is 7.67. The maximum absolute atomic E-state index is 9.34. The Bertz CT molecular complexity index is 325. The molecule has 1 rings (SSSR count). The SMILES string of the molecule is C=CCOCCNC(C)c1cccc(O)c1. The molecule has 0 heterocycles. The Kier molecular flexibility index (Phi) is 5.61. The summed E-state index contributed by atoms with van der Waals surface area (Å²) in [5, 5.41) is 12.7. The predicted octanol–water partition coefficient (Wildman–Crippen LogP) is 2.25. The molecule has 2 N–H and O–H groups in total. The van der Waals surface area contributed by atoms with Crippen LogP contribution in [-0.4, -0.2) is 24.9 Å². The zero-order chi connectivity index (χ0) is 11.8. The van der Waals surface area contributed by atoms with Crippen molar-refractivity contribution < 1.29 is 9.84 Å². The third-order valence-electron chi connectivity index (χ3n) is 2.30. The Hall–Kier alpha value is -1.32. The van der Waals surface area contributed by atoms with E-state index in [-0.39, 0.29) is 6.04 Å². The number of ether oxygens (including phenoxy) is 1. The van der Waals surface area contributed by atoms with Gasteiger partial charge in [0.15, 0.2) is 0 Å². The fourth-order valence-electron chi connectivity index (χ4n) is 1.43. The molecular weight excluding hydrogens is 202 g/mol. The van der Waals surface area contributed by atoms with E-state index < -0.39 is 0 Å². The van der Waals surface area contributed by atoms with Gasteiger partial charge in [-0.1, -0.05) is 18.2 Å². The van der Waals surface area contributed by atoms with Crippen LogP contribution >= 0.6 is 0 Å². The lowest BCUT2D eigenvalue weighted by Gasteiger charge is -2.14. The molecule has 0 aromatic heterocycles. The highest BCUT2D eigenvalue weighted by atomic mass is 16.5. The van der Waals surface area contributed by atoms with Crippen LogP contribution in [-0.2, 0) is 4.74 Å². The highest BCUT2D eigenvalue weighted by Gasteiger charge is 2.04. The van der Waals surface area contributed by atoms with Crippen LogP contribution in [0.15, 0.2) is 36.9 Å². The van der Waals surface area contributed by atoms with Crippen LogP contribution in [0.5, 0.6) is 5.75 Å². The summed E-state index contributed by atoms with van der Waals surface area (Å²) < 4.78 is 5.26. The lowest BCUT2D eigenvalue weighted by atomic mass is 10.1. The smallest absolute Gasteiger partial charge is 0.115 e. The van der Waals surface area contributed by atoms with Gasteiger partial charge in [0.25, 0.3) is 0 Å². The summed E-state index contributed by atoms with van der Waals surface area (Å²) in [6, 6.07) is 7.48. The van der Waals surface area contributed by atoms with Gasteiger partial charge in [0, 0.05) is 12.6 Å². The first kappa shape index (κ1) is 12.7. The van der Waals surface area contributed by atoms with E-state index in [1.807, 2.05) is 12.1 Å². The van der Waals surface area contributed by atoms with Crippen molar-refractivity contribution in [1.82, 2.24) is 5.32 Å². The van der Waals surface area contributed by atoms with Crippen molar-refractivity contribution in [1.29, 1.82) is 0 Å². The summed E-state index contributed by atoms with van der Waals surface area (Å²) in [5.41, 5.74) is 1.07. The minimum Gasteiger partial charge on any atom is -0.508 e. The van der Waals surface area contributed by atoms with E-state index in [0.29, 0.717) is 19.0 Å². The van der Waals surface area contributed by atoms with Crippen LogP contribution in [0.4, 0.5) is 0 Å². The summed E-state index contributed by atoms with van der Waals surface area (Å²) >= 11 is 0. The van der Waals surface area contributed by atoms with Crippen molar-refractivity contribution in [2.75, 3.05) is 19.8 Å². The lowest BCUT2D eigenvalue weighted by molar-refractivity contribution is 0.162. The predicted molar refractivity (Wildman–Crippen MR) is 65.5 cm³/mol. The standard InChI is InChI=1S/C13H19NO2/c1-3-8-16-9-7-14-11(2)12-5-4-6-13(15)10-12/h3-6,10-11,14-15H,1,7-9H2,2H3. The molecular formula is C13H19NO2. The second-order valence-corrected chi connectivity index (χ2v) is 3.63. The van der Waals surface area contributed by atoms with Crippen molar-refractivity contribution in [3.05, 3.63) is 42.5 Å². The number of aromatic hydroxyl groups is 1. The van der Waals surface area contributed by atoms with E-state index in [1.165, 1.54) is 0 Å². The van der Waals surface area contributed by atoms with Gasteiger partial charge in [-0.2, -0.15) is 0 Å². The first-order chi connectivity index (χ1) is 7.74. The van der Waals surface area contributed by atoms with Crippen molar-refractivity contribution in [3.63, 3.8) is 0 Å². The molecule has 0 amide bonds. The molecule has 3 nitrogen and oxygen atoms in total. The van der Waals surface area contributed by atoms with Crippen molar-refractivity contribution >= 4 is 0 Å². The van der Waals surface area contributed by atoms with E-state index >= 15 is 0 Å². The number of phenolic OH excluding ortho intramolecular Hbond substituents is 1. The van der Waals surface area contributed by atoms with Crippen LogP contribution in [0.2, 0.25) is 0 Å². The quantitative estimate of drug-likeness (QED) is 0.548. The van der Waals surface area contributed by atoms with Crippen molar-refractivity contribution in [3.8, 4) is 5.75 Å². The number of rotatable bonds is 7. The second kappa shape index (κ2) is 7.04. The molecule has 0 spiro atoms. The molecule has 1 atom stereocenters. The Morgan fingerprint density at radius 1 is 1.56 bits per heavy atom. The van der Waals surface area contributed by atoms with Crippen molar-refractivity contribution in [2.45, 2.75) is 13.0 Å². The molecule has 1 unspecified atom stereocenters. The van der Waals surface area contributed by atoms with Crippen LogP contribution in [0, 0.1) is 0 Å². The molecule has 3 heteroatoms. The van der Waals surface area contributed by atoms with Crippen molar-refractivity contribution in [2.24, 2.45) is 0 Å². The van der Waals surface area contributed by atoms with Gasteiger partial charge in [-0.3, -0.25) is 0 Å². The van der Waals surface area contributed by atoms with Gasteiger partial charge in [0.2, 0.25) is 0 Å². The van der Waals surface area contributed by atoms with Crippen LogP contribution in [0.1, 0.15) is 18.5 Å². The Balaban J connectivity index is 2.29. The Labute approximate surface area is 96.8 Å². The van der Waals surface area contributed by atoms with Crippen LogP contribution in [0.25, 0.3) is 0 Å². The molecule has 1 aromatic carbocycles. The molecule has 88 valence electrons. The van der Waals surface area contributed by atoms with Gasteiger partial charge in [-0.05, 0) is 24.6 Å². The molecule has 0 aliphatic carbocycles. The summed E-state index contributed by atoms with van der Waals surface area (Å²) in [4.78, 5) is 0. The Morgan fingerprint density at radius 2 is 2.38 bits per heavy atom. The van der Waals surface area contributed by atoms with Gasteiger partial charge in [0.1, 0.15) is 5.75 Å². The first-order valence-electron chi connectivity index (χ1n) is 5.45. The van der Waals surface area contributed by atoms with Crippen LogP contribution < -0.4 is 5.32 Å². The number of phenols is 1. The highest BCUT2D eigenvalue weighted by Crippen LogP contribution is 2.17. The molecule has 0 bridgehead atoms. The molecule has 0 saturated heterocycles. The average Bonchev–Trinajstić information content (AvgIpc) is 2.28. The molecule has 0 radical (unpaired) electrons. The summed E-state index contributed by atoms with van der Waals surface area (Å²) in [7, 11) is 0. The second-order valence-electron chi connectivity index (χ2n) is 3.63. The number of nitrogens with one attached hydrogen (secondary N) is 1. The maximum atomic E-state index is 9.34. The molecule has 1 aromatic rings. The number of benzene rings is 1. The minimum atomic E-state index is 0.208. The average molecular weight is 221 g/mol. The van der Waals surface area contributed by atoms with Crippen LogP contribution in [0.3, 0.4) is 0 Å². The number of hydrogen-bond acceptors (Lipinski definition) is 3. The zero-order valence-electron chi connectivity index (χ0n) is 9.65. The fraction of sp³-hybridized carbons (Fsp3) is 0.385. The van der Waals surface area contributed by atoms with Gasteiger partial charge < -0.3 is 15.2 Å². The third-order valence-corrected chi connectivity index (χ3v) is 2.30. The number of hydrogen-bond donors (Lipinski definition) is 2. The van der Waals surface area contributed by atoms with E-state index in [2.05, 4.69) is 18.8 Å². The van der Waals surface area contributed by atoms with E-state index in [4.69, 9.17) is 4.74 Å². The Morgan fingerprint density at radius 3 is 3.06 bits per heavy atom. The van der Waals surface area contributed by atoms with Gasteiger partial charge >= 0.3 is 0 Å². The molecule has 16 heavy (non-hydrogen) atoms. The molecule has 0 aliphatic rings. The first-order valence-corrected chi connectivity index (χ1v) is 5.45. The molecule has 0 saturated carbocycles. The van der Waals surface area contributed by atoms with E-state index in [1.54, 1.807) is 18.2 Å². The maximum Gasteiger partial charge on any atom is 0.115 e. The van der Waals surface area contributed by atoms with E-state index in [9.17, 15) is 5.11 Å². The molecule has 0 aliphatic heterocycles. The fourth-order valence-corrected chi connectivity index (χ4v) is 1.43. The topological polar surface area (TPSA) is 41.5 Å². The normalized spacial score (nSPS) is 12.3. The monoisotopic (exact) mass is 221 g/mol. The third kappa shape index (κ3) is 4.47. The van der Waals surface area contributed by atoms with Gasteiger partial charge in [-0.15, -0.1) is 6.58 Å². The minimum absolute atomic E-state index is 0.208.